The topological polar surface area (TPSA) is 97.1 Å². The van der Waals surface area contributed by atoms with Crippen molar-refractivity contribution in [3.8, 4) is 5.75 Å². The number of hydrogen-bond donors (Lipinski definition) is 0. The summed E-state index contributed by atoms with van der Waals surface area (Å²) in [6.07, 6.45) is -0.225. The van der Waals surface area contributed by atoms with Gasteiger partial charge in [-0.2, -0.15) is 0 Å². The average molecular weight is 323 g/mol. The van der Waals surface area contributed by atoms with Crippen LogP contribution in [0.5, 0.6) is 5.75 Å². The number of nitrogens with zero attached hydrogens (tertiary/aromatic N) is 1. The number of carbonyl (C=O) groups excluding carboxylic acids is 1. The minimum Gasteiger partial charge on any atom is -0.430 e. The van der Waals surface area contributed by atoms with Gasteiger partial charge in [-0.3, -0.25) is 10.1 Å². The smallest absolute Gasteiger partial charge is 0.430 e. The molecular weight excluding hydrogens is 306 g/mol. The van der Waals surface area contributed by atoms with Gasteiger partial charge in [0.15, 0.2) is 0 Å². The van der Waals surface area contributed by atoms with Crippen LogP contribution < -0.4 is 4.74 Å². The fourth-order valence-electron chi connectivity index (χ4n) is 3.19. The number of non-ortho nitro benzene ring substituents is 1. The van der Waals surface area contributed by atoms with E-state index in [1.807, 2.05) is 0 Å². The van der Waals surface area contributed by atoms with E-state index in [9.17, 15) is 14.9 Å². The number of carbonyl (C=O) groups is 1. The number of hydrogen-bond acceptors (Lipinski definition) is 7. The monoisotopic (exact) mass is 323 g/mol. The van der Waals surface area contributed by atoms with E-state index in [4.69, 9.17) is 19.2 Å². The van der Waals surface area contributed by atoms with E-state index < -0.39 is 11.1 Å². The van der Waals surface area contributed by atoms with Crippen molar-refractivity contribution in [3.63, 3.8) is 0 Å². The lowest BCUT2D eigenvalue weighted by molar-refractivity contribution is -0.384. The Bertz CT molecular complexity index is 588. The van der Waals surface area contributed by atoms with Crippen molar-refractivity contribution in [2.45, 2.75) is 19.4 Å². The first kappa shape index (κ1) is 15.7. The molecule has 0 aromatic heterocycles. The van der Waals surface area contributed by atoms with Crippen LogP contribution >= 0.6 is 0 Å². The Balaban J connectivity index is 1.61. The molecule has 23 heavy (non-hydrogen) atoms. The highest BCUT2D eigenvalue weighted by atomic mass is 17.2. The van der Waals surface area contributed by atoms with E-state index in [2.05, 4.69) is 6.92 Å². The summed E-state index contributed by atoms with van der Waals surface area (Å²) in [6, 6.07) is 5.25. The van der Waals surface area contributed by atoms with Crippen LogP contribution in [-0.4, -0.2) is 30.4 Å². The molecule has 2 aliphatic rings. The van der Waals surface area contributed by atoms with Gasteiger partial charge in [0, 0.05) is 24.0 Å². The highest BCUT2D eigenvalue weighted by Gasteiger charge is 2.46. The summed E-state index contributed by atoms with van der Waals surface area (Å²) in [6.45, 7) is 2.86. The van der Waals surface area contributed by atoms with Gasteiger partial charge < -0.3 is 9.47 Å². The second kappa shape index (κ2) is 6.51. The van der Waals surface area contributed by atoms with Crippen LogP contribution in [0.25, 0.3) is 0 Å². The fraction of sp³-hybridized carbons (Fsp3) is 0.533. The third-order valence-electron chi connectivity index (χ3n) is 4.40. The molecule has 3 rings (SSSR count). The van der Waals surface area contributed by atoms with Gasteiger partial charge in [0.05, 0.1) is 18.1 Å². The van der Waals surface area contributed by atoms with Gasteiger partial charge in [0.1, 0.15) is 11.9 Å². The zero-order valence-corrected chi connectivity index (χ0v) is 12.5. The van der Waals surface area contributed by atoms with Crippen molar-refractivity contribution in [1.29, 1.82) is 0 Å². The average Bonchev–Trinajstić information content (AvgIpc) is 2.67. The molecule has 1 aromatic carbocycles. The van der Waals surface area contributed by atoms with Crippen LogP contribution in [0, 0.1) is 27.9 Å². The maximum Gasteiger partial charge on any atom is 0.514 e. The van der Waals surface area contributed by atoms with Gasteiger partial charge >= 0.3 is 6.16 Å². The van der Waals surface area contributed by atoms with Crippen molar-refractivity contribution >= 4 is 11.8 Å². The van der Waals surface area contributed by atoms with Gasteiger partial charge in [-0.05, 0) is 24.5 Å². The van der Waals surface area contributed by atoms with E-state index in [1.165, 1.54) is 24.3 Å². The Morgan fingerprint density at radius 3 is 2.65 bits per heavy atom. The molecule has 2 bridgehead atoms. The van der Waals surface area contributed by atoms with Gasteiger partial charge in [-0.25, -0.2) is 14.6 Å². The summed E-state index contributed by atoms with van der Waals surface area (Å²) in [7, 11) is 0. The molecule has 1 aromatic rings. The molecule has 0 radical (unpaired) electrons. The number of nitro groups is 1. The maximum atomic E-state index is 12.0. The molecule has 124 valence electrons. The SMILES string of the molecule is CC1CC2COOCC1C2OC(=O)Oc1ccc([N+](=O)[O-])cc1. The summed E-state index contributed by atoms with van der Waals surface area (Å²) in [4.78, 5) is 32.2. The van der Waals surface area contributed by atoms with Gasteiger partial charge in [0.2, 0.25) is 0 Å². The van der Waals surface area contributed by atoms with Crippen LogP contribution in [0.3, 0.4) is 0 Å². The quantitative estimate of drug-likeness (QED) is 0.277. The normalized spacial score (nSPS) is 29.6. The number of fused-ring (bicyclic) bond motifs is 2. The summed E-state index contributed by atoms with van der Waals surface area (Å²) in [5.74, 6) is 0.733. The molecule has 4 atom stereocenters. The second-order valence-corrected chi connectivity index (χ2v) is 5.89. The highest BCUT2D eigenvalue weighted by Crippen LogP contribution is 2.40. The van der Waals surface area contributed by atoms with E-state index >= 15 is 0 Å². The van der Waals surface area contributed by atoms with Crippen molar-refractivity contribution in [3.05, 3.63) is 34.4 Å². The van der Waals surface area contributed by atoms with Gasteiger partial charge in [-0.1, -0.05) is 6.92 Å². The Morgan fingerprint density at radius 1 is 1.26 bits per heavy atom. The summed E-state index contributed by atoms with van der Waals surface area (Å²) < 4.78 is 10.5. The van der Waals surface area contributed by atoms with Crippen LogP contribution in [0.1, 0.15) is 13.3 Å². The van der Waals surface area contributed by atoms with Crippen molar-refractivity contribution < 1.29 is 29.0 Å². The highest BCUT2D eigenvalue weighted by molar-refractivity contribution is 5.64. The molecule has 8 nitrogen and oxygen atoms in total. The summed E-state index contributed by atoms with van der Waals surface area (Å²) in [5.41, 5.74) is -0.0735. The molecule has 1 aliphatic carbocycles. The van der Waals surface area contributed by atoms with Crippen LogP contribution in [0.4, 0.5) is 10.5 Å². The molecule has 4 unspecified atom stereocenters. The van der Waals surface area contributed by atoms with E-state index in [0.29, 0.717) is 19.1 Å². The zero-order valence-electron chi connectivity index (χ0n) is 12.5. The van der Waals surface area contributed by atoms with Crippen molar-refractivity contribution in [2.24, 2.45) is 17.8 Å². The van der Waals surface area contributed by atoms with Gasteiger partial charge in [-0.15, -0.1) is 0 Å². The Kier molecular flexibility index (Phi) is 4.44. The molecule has 2 fully saturated rings. The van der Waals surface area contributed by atoms with Crippen LogP contribution in [0.15, 0.2) is 24.3 Å². The standard InChI is InChI=1S/C15H17NO7/c1-9-6-10-7-20-21-8-13(9)14(10)23-15(17)22-12-4-2-11(3-5-12)16(18)19/h2-5,9-10,13-14H,6-8H2,1H3. The Hall–Kier alpha value is -2.19. The zero-order chi connectivity index (χ0) is 16.4. The number of ether oxygens (including phenoxy) is 2. The summed E-state index contributed by atoms with van der Waals surface area (Å²) in [5, 5.41) is 10.6. The molecule has 1 saturated carbocycles. The molecule has 0 spiro atoms. The predicted molar refractivity (Wildman–Crippen MR) is 76.7 cm³/mol. The first-order valence-corrected chi connectivity index (χ1v) is 7.42. The van der Waals surface area contributed by atoms with Crippen molar-refractivity contribution in [2.75, 3.05) is 13.2 Å². The van der Waals surface area contributed by atoms with E-state index in [0.717, 1.165) is 6.42 Å². The second-order valence-electron chi connectivity index (χ2n) is 5.89. The van der Waals surface area contributed by atoms with E-state index in [1.54, 1.807) is 0 Å². The first-order chi connectivity index (χ1) is 11.0. The lowest BCUT2D eigenvalue weighted by Gasteiger charge is -2.21. The number of rotatable bonds is 3. The lowest BCUT2D eigenvalue weighted by Crippen LogP contribution is -2.32. The largest absolute Gasteiger partial charge is 0.514 e. The minimum atomic E-state index is -0.824. The Labute approximate surface area is 132 Å². The number of nitro benzene ring substituents is 1. The van der Waals surface area contributed by atoms with Crippen LogP contribution in [0.2, 0.25) is 0 Å². The summed E-state index contributed by atoms with van der Waals surface area (Å²) >= 11 is 0. The molecule has 0 amide bonds. The number of benzene rings is 1. The lowest BCUT2D eigenvalue weighted by atomic mass is 9.97. The third kappa shape index (κ3) is 3.43. The molecule has 8 heteroatoms. The predicted octanol–water partition coefficient (Wildman–Crippen LogP) is 2.71. The van der Waals surface area contributed by atoms with E-state index in [-0.39, 0.29) is 29.4 Å². The molecule has 1 aliphatic heterocycles. The molecular formula is C15H17NO7. The maximum absolute atomic E-state index is 12.0. The van der Waals surface area contributed by atoms with Gasteiger partial charge in [0.25, 0.3) is 5.69 Å². The first-order valence-electron chi connectivity index (χ1n) is 7.42. The molecule has 0 N–H and O–H groups in total. The fourth-order valence-corrected chi connectivity index (χ4v) is 3.19. The van der Waals surface area contributed by atoms with Crippen LogP contribution in [-0.2, 0) is 14.5 Å². The Morgan fingerprint density at radius 2 is 1.96 bits per heavy atom. The minimum absolute atomic E-state index is 0.0735. The van der Waals surface area contributed by atoms with Crippen molar-refractivity contribution in [1.82, 2.24) is 0 Å². The third-order valence-corrected chi connectivity index (χ3v) is 4.40. The molecule has 1 saturated heterocycles. The molecule has 1 heterocycles.